The van der Waals surface area contributed by atoms with Crippen LogP contribution < -0.4 is 5.32 Å². The lowest BCUT2D eigenvalue weighted by Gasteiger charge is -2.25. The number of aromatic nitrogens is 2. The highest BCUT2D eigenvalue weighted by Gasteiger charge is 2.33. The number of rotatable bonds is 8. The summed E-state index contributed by atoms with van der Waals surface area (Å²) in [6.45, 7) is 4.30. The molecule has 0 amide bonds. The Morgan fingerprint density at radius 1 is 1.43 bits per heavy atom. The quantitative estimate of drug-likeness (QED) is 0.724. The van der Waals surface area contributed by atoms with Gasteiger partial charge in [0.1, 0.15) is 5.54 Å². The fraction of sp³-hybridized carbons (Fsp3) is 0.692. The first kappa shape index (κ1) is 17.5. The number of carboxylic acid groups (broad SMARTS) is 1. The number of likely N-dealkylation sites (N-methyl/N-ethyl adjacent to an activating group) is 1. The van der Waals surface area contributed by atoms with Crippen molar-refractivity contribution in [3.05, 3.63) is 18.0 Å². The van der Waals surface area contributed by atoms with Crippen LogP contribution in [0.1, 0.15) is 38.8 Å². The zero-order valence-corrected chi connectivity index (χ0v) is 12.1. The number of hydrogen-bond donors (Lipinski definition) is 2. The van der Waals surface area contributed by atoms with Crippen LogP contribution in [-0.2, 0) is 17.5 Å². The highest BCUT2D eigenvalue weighted by Crippen LogP contribution is 2.27. The SMILES string of the molecule is CCNC(C)(CCCCn1ccc(C(F)(F)F)n1)C(=O)O. The van der Waals surface area contributed by atoms with Crippen molar-refractivity contribution in [2.24, 2.45) is 0 Å². The predicted octanol–water partition coefficient (Wildman–Crippen LogP) is 2.53. The number of nitrogens with one attached hydrogen (secondary N) is 1. The van der Waals surface area contributed by atoms with Crippen LogP contribution in [0.25, 0.3) is 0 Å². The molecule has 8 heteroatoms. The summed E-state index contributed by atoms with van der Waals surface area (Å²) in [7, 11) is 0. The maximum atomic E-state index is 12.4. The molecule has 0 spiro atoms. The second-order valence-electron chi connectivity index (χ2n) is 5.09. The van der Waals surface area contributed by atoms with E-state index in [4.69, 9.17) is 5.11 Å². The third-order valence-corrected chi connectivity index (χ3v) is 3.28. The average Bonchev–Trinajstić information content (AvgIpc) is 2.83. The van der Waals surface area contributed by atoms with E-state index in [-0.39, 0.29) is 0 Å². The van der Waals surface area contributed by atoms with Crippen molar-refractivity contribution in [2.75, 3.05) is 6.54 Å². The second-order valence-corrected chi connectivity index (χ2v) is 5.09. The highest BCUT2D eigenvalue weighted by molar-refractivity contribution is 5.78. The van der Waals surface area contributed by atoms with E-state index in [1.54, 1.807) is 6.92 Å². The molecule has 0 saturated heterocycles. The zero-order valence-electron chi connectivity index (χ0n) is 12.1. The standard InChI is InChI=1S/C13H20F3N3O2/c1-3-17-12(2,11(20)21)7-4-5-8-19-9-6-10(18-19)13(14,15)16/h6,9,17H,3-5,7-8H2,1-2H3,(H,20,21). The molecular formula is C13H20F3N3O2. The van der Waals surface area contributed by atoms with Gasteiger partial charge in [0.2, 0.25) is 0 Å². The molecule has 0 radical (unpaired) electrons. The third kappa shape index (κ3) is 5.04. The fourth-order valence-corrected chi connectivity index (χ4v) is 2.05. The Balaban J connectivity index is 2.43. The first-order valence-corrected chi connectivity index (χ1v) is 6.78. The number of unbranched alkanes of at least 4 members (excludes halogenated alkanes) is 1. The summed E-state index contributed by atoms with van der Waals surface area (Å²) < 4.78 is 38.3. The number of halogens is 3. The summed E-state index contributed by atoms with van der Waals surface area (Å²) in [5.41, 5.74) is -1.92. The van der Waals surface area contributed by atoms with Crippen LogP contribution in [0.5, 0.6) is 0 Å². The van der Waals surface area contributed by atoms with Crippen molar-refractivity contribution in [2.45, 2.75) is 51.4 Å². The minimum absolute atomic E-state index is 0.331. The molecule has 5 nitrogen and oxygen atoms in total. The number of aryl methyl sites for hydroxylation is 1. The van der Waals surface area contributed by atoms with Crippen LogP contribution in [0.4, 0.5) is 13.2 Å². The minimum atomic E-state index is -4.43. The van der Waals surface area contributed by atoms with Gasteiger partial charge in [-0.2, -0.15) is 18.3 Å². The number of nitrogens with zero attached hydrogens (tertiary/aromatic N) is 2. The molecule has 21 heavy (non-hydrogen) atoms. The van der Waals surface area contributed by atoms with Crippen molar-refractivity contribution in [3.8, 4) is 0 Å². The molecule has 0 aliphatic rings. The molecule has 1 aromatic heterocycles. The lowest BCUT2D eigenvalue weighted by Crippen LogP contribution is -2.49. The van der Waals surface area contributed by atoms with Crippen molar-refractivity contribution < 1.29 is 23.1 Å². The molecule has 0 aromatic carbocycles. The highest BCUT2D eigenvalue weighted by atomic mass is 19.4. The van der Waals surface area contributed by atoms with Crippen molar-refractivity contribution >= 4 is 5.97 Å². The molecule has 1 unspecified atom stereocenters. The Bertz CT molecular complexity index is 473. The molecule has 1 aromatic rings. The van der Waals surface area contributed by atoms with Crippen molar-refractivity contribution in [3.63, 3.8) is 0 Å². The lowest BCUT2D eigenvalue weighted by molar-refractivity contribution is -0.144. The summed E-state index contributed by atoms with van der Waals surface area (Å²) in [4.78, 5) is 11.2. The van der Waals surface area contributed by atoms with Gasteiger partial charge >= 0.3 is 12.1 Å². The summed E-state index contributed by atoms with van der Waals surface area (Å²) in [6, 6.07) is 0.931. The van der Waals surface area contributed by atoms with E-state index in [9.17, 15) is 18.0 Å². The molecular weight excluding hydrogens is 287 g/mol. The largest absolute Gasteiger partial charge is 0.480 e. The van der Waals surface area contributed by atoms with Gasteiger partial charge in [-0.3, -0.25) is 9.48 Å². The molecule has 0 aliphatic carbocycles. The van der Waals surface area contributed by atoms with Crippen LogP contribution in [0.3, 0.4) is 0 Å². The lowest BCUT2D eigenvalue weighted by atomic mass is 9.95. The molecule has 2 N–H and O–H groups in total. The summed E-state index contributed by atoms with van der Waals surface area (Å²) >= 11 is 0. The van der Waals surface area contributed by atoms with Crippen molar-refractivity contribution in [1.29, 1.82) is 0 Å². The first-order chi connectivity index (χ1) is 9.69. The summed E-state index contributed by atoms with van der Waals surface area (Å²) in [6.07, 6.45) is -1.60. The topological polar surface area (TPSA) is 67.2 Å². The normalized spacial score (nSPS) is 14.9. The minimum Gasteiger partial charge on any atom is -0.480 e. The van der Waals surface area contributed by atoms with Gasteiger partial charge in [-0.05, 0) is 38.8 Å². The molecule has 0 aliphatic heterocycles. The Labute approximate surface area is 121 Å². The van der Waals surface area contributed by atoms with Gasteiger partial charge in [0, 0.05) is 12.7 Å². The number of carboxylic acids is 1. The predicted molar refractivity (Wildman–Crippen MR) is 70.8 cm³/mol. The summed E-state index contributed by atoms with van der Waals surface area (Å²) in [5, 5.41) is 15.5. The van der Waals surface area contributed by atoms with Crippen LogP contribution >= 0.6 is 0 Å². The van der Waals surface area contributed by atoms with Gasteiger partial charge < -0.3 is 10.4 Å². The van der Waals surface area contributed by atoms with E-state index in [0.717, 1.165) is 6.07 Å². The molecule has 0 bridgehead atoms. The number of carbonyl (C=O) groups is 1. The van der Waals surface area contributed by atoms with Gasteiger partial charge in [-0.1, -0.05) is 6.92 Å². The van der Waals surface area contributed by atoms with Gasteiger partial charge in [0.25, 0.3) is 0 Å². The Kier molecular flexibility index (Phi) is 5.77. The van der Waals surface area contributed by atoms with E-state index in [1.807, 2.05) is 6.92 Å². The van der Waals surface area contributed by atoms with Gasteiger partial charge in [0.05, 0.1) is 0 Å². The van der Waals surface area contributed by atoms with Crippen LogP contribution in [0.2, 0.25) is 0 Å². The Morgan fingerprint density at radius 3 is 2.57 bits per heavy atom. The second kappa shape index (κ2) is 6.93. The van der Waals surface area contributed by atoms with E-state index >= 15 is 0 Å². The molecule has 1 heterocycles. The third-order valence-electron chi connectivity index (χ3n) is 3.28. The van der Waals surface area contributed by atoms with E-state index in [0.29, 0.717) is 32.4 Å². The first-order valence-electron chi connectivity index (χ1n) is 6.78. The molecule has 0 fully saturated rings. The molecule has 1 rings (SSSR count). The van der Waals surface area contributed by atoms with E-state index < -0.39 is 23.4 Å². The Morgan fingerprint density at radius 2 is 2.10 bits per heavy atom. The van der Waals surface area contributed by atoms with Crippen LogP contribution in [-0.4, -0.2) is 32.9 Å². The van der Waals surface area contributed by atoms with E-state index in [1.165, 1.54) is 10.9 Å². The molecule has 120 valence electrons. The van der Waals surface area contributed by atoms with Crippen LogP contribution in [0.15, 0.2) is 12.3 Å². The van der Waals surface area contributed by atoms with Gasteiger partial charge in [-0.15, -0.1) is 0 Å². The maximum absolute atomic E-state index is 12.4. The zero-order chi connectivity index (χ0) is 16.1. The van der Waals surface area contributed by atoms with Crippen LogP contribution in [0, 0.1) is 0 Å². The number of aliphatic carboxylic acids is 1. The van der Waals surface area contributed by atoms with Crippen molar-refractivity contribution in [1.82, 2.24) is 15.1 Å². The average molecular weight is 307 g/mol. The van der Waals surface area contributed by atoms with Gasteiger partial charge in [-0.25, -0.2) is 0 Å². The number of alkyl halides is 3. The molecule has 0 saturated carbocycles. The smallest absolute Gasteiger partial charge is 0.435 e. The fourth-order valence-electron chi connectivity index (χ4n) is 2.05. The van der Waals surface area contributed by atoms with Gasteiger partial charge in [0.15, 0.2) is 5.69 Å². The van der Waals surface area contributed by atoms with E-state index in [2.05, 4.69) is 10.4 Å². The monoisotopic (exact) mass is 307 g/mol. The molecule has 1 atom stereocenters. The number of hydrogen-bond acceptors (Lipinski definition) is 3. The Hall–Kier alpha value is -1.57. The summed E-state index contributed by atoms with van der Waals surface area (Å²) in [5.74, 6) is -0.928. The maximum Gasteiger partial charge on any atom is 0.435 e.